The number of nitrogens with one attached hydrogen (secondary N) is 1. The summed E-state index contributed by atoms with van der Waals surface area (Å²) in [4.78, 5) is 3.97. The molecular weight excluding hydrogens is 246 g/mol. The number of benzene rings is 1. The molecular formula is C14H14ClN3. The molecule has 2 unspecified atom stereocenters. The SMILES string of the molecule is NC1CC(Nc2ccnc(Cl)c2)c2ccccc21. The molecule has 1 heterocycles. The van der Waals surface area contributed by atoms with Gasteiger partial charge in [0.15, 0.2) is 0 Å². The van der Waals surface area contributed by atoms with Crippen LogP contribution in [-0.2, 0) is 0 Å². The van der Waals surface area contributed by atoms with Crippen molar-refractivity contribution in [2.75, 3.05) is 5.32 Å². The summed E-state index contributed by atoms with van der Waals surface area (Å²) in [7, 11) is 0. The van der Waals surface area contributed by atoms with E-state index in [0.717, 1.165) is 12.1 Å². The van der Waals surface area contributed by atoms with Crippen LogP contribution < -0.4 is 11.1 Å². The Labute approximate surface area is 111 Å². The van der Waals surface area contributed by atoms with Crippen molar-refractivity contribution in [2.24, 2.45) is 5.73 Å². The standard InChI is InChI=1S/C14H14ClN3/c15-14-7-9(5-6-17-14)18-13-8-12(16)10-3-1-2-4-11(10)13/h1-7,12-13H,8,16H2,(H,17,18). The Bertz CT molecular complexity index is 570. The number of anilines is 1. The van der Waals surface area contributed by atoms with Gasteiger partial charge in [0.1, 0.15) is 5.15 Å². The Hall–Kier alpha value is -1.58. The first-order chi connectivity index (χ1) is 8.74. The third kappa shape index (κ3) is 2.07. The molecule has 1 aliphatic rings. The average Bonchev–Trinajstić information content (AvgIpc) is 2.67. The van der Waals surface area contributed by atoms with Gasteiger partial charge < -0.3 is 11.1 Å². The van der Waals surface area contributed by atoms with Crippen molar-refractivity contribution in [3.05, 3.63) is 58.9 Å². The Balaban J connectivity index is 1.87. The van der Waals surface area contributed by atoms with E-state index < -0.39 is 0 Å². The van der Waals surface area contributed by atoms with Gasteiger partial charge in [0.2, 0.25) is 0 Å². The van der Waals surface area contributed by atoms with Crippen LogP contribution in [0.5, 0.6) is 0 Å². The van der Waals surface area contributed by atoms with Gasteiger partial charge in [0, 0.05) is 17.9 Å². The third-order valence-electron chi connectivity index (χ3n) is 3.33. The van der Waals surface area contributed by atoms with Crippen LogP contribution in [0.25, 0.3) is 0 Å². The molecule has 1 aliphatic carbocycles. The van der Waals surface area contributed by atoms with E-state index in [1.54, 1.807) is 6.20 Å². The fraction of sp³-hybridized carbons (Fsp3) is 0.214. The zero-order valence-corrected chi connectivity index (χ0v) is 10.6. The van der Waals surface area contributed by atoms with Crippen LogP contribution in [-0.4, -0.2) is 4.98 Å². The monoisotopic (exact) mass is 259 g/mol. The minimum Gasteiger partial charge on any atom is -0.378 e. The van der Waals surface area contributed by atoms with E-state index >= 15 is 0 Å². The molecule has 0 saturated heterocycles. The molecule has 2 aromatic rings. The lowest BCUT2D eigenvalue weighted by Crippen LogP contribution is -2.09. The highest BCUT2D eigenvalue weighted by Crippen LogP contribution is 2.39. The Kier molecular flexibility index (Phi) is 2.94. The molecule has 0 spiro atoms. The van der Waals surface area contributed by atoms with Crippen LogP contribution in [0.4, 0.5) is 5.69 Å². The second-order valence-corrected chi connectivity index (χ2v) is 4.92. The molecule has 1 aromatic carbocycles. The molecule has 0 bridgehead atoms. The first-order valence-corrected chi connectivity index (χ1v) is 6.34. The predicted molar refractivity (Wildman–Crippen MR) is 73.6 cm³/mol. The van der Waals surface area contributed by atoms with Crippen molar-refractivity contribution in [3.63, 3.8) is 0 Å². The zero-order valence-electron chi connectivity index (χ0n) is 9.81. The summed E-state index contributed by atoms with van der Waals surface area (Å²) in [5.74, 6) is 0. The predicted octanol–water partition coefficient (Wildman–Crippen LogP) is 3.29. The Morgan fingerprint density at radius 1 is 1.22 bits per heavy atom. The molecule has 18 heavy (non-hydrogen) atoms. The minimum atomic E-state index is 0.107. The summed E-state index contributed by atoms with van der Waals surface area (Å²) in [6.45, 7) is 0. The number of hydrogen-bond acceptors (Lipinski definition) is 3. The molecule has 0 amide bonds. The topological polar surface area (TPSA) is 50.9 Å². The van der Waals surface area contributed by atoms with E-state index in [1.165, 1.54) is 11.1 Å². The maximum Gasteiger partial charge on any atom is 0.131 e. The maximum atomic E-state index is 6.14. The summed E-state index contributed by atoms with van der Waals surface area (Å²) in [5.41, 5.74) is 9.63. The van der Waals surface area contributed by atoms with Gasteiger partial charge in [0.05, 0.1) is 6.04 Å². The molecule has 3 rings (SSSR count). The van der Waals surface area contributed by atoms with Crippen molar-refractivity contribution < 1.29 is 0 Å². The number of pyridine rings is 1. The summed E-state index contributed by atoms with van der Waals surface area (Å²) < 4.78 is 0. The first kappa shape index (κ1) is 11.5. The number of nitrogens with two attached hydrogens (primary N) is 1. The van der Waals surface area contributed by atoms with Gasteiger partial charge in [-0.3, -0.25) is 0 Å². The molecule has 0 aliphatic heterocycles. The lowest BCUT2D eigenvalue weighted by molar-refractivity contribution is 0.648. The minimum absolute atomic E-state index is 0.107. The normalized spacial score (nSPS) is 21.7. The second-order valence-electron chi connectivity index (χ2n) is 4.54. The van der Waals surface area contributed by atoms with E-state index in [2.05, 4.69) is 22.4 Å². The number of fused-ring (bicyclic) bond motifs is 1. The highest BCUT2D eigenvalue weighted by Gasteiger charge is 2.27. The molecule has 2 atom stereocenters. The van der Waals surface area contributed by atoms with Crippen molar-refractivity contribution in [1.82, 2.24) is 4.98 Å². The Morgan fingerprint density at radius 2 is 2.00 bits per heavy atom. The fourth-order valence-corrected chi connectivity index (χ4v) is 2.68. The molecule has 0 radical (unpaired) electrons. The molecule has 3 nitrogen and oxygen atoms in total. The lowest BCUT2D eigenvalue weighted by atomic mass is 10.1. The van der Waals surface area contributed by atoms with Gasteiger partial charge in [-0.25, -0.2) is 4.98 Å². The van der Waals surface area contributed by atoms with E-state index in [0.29, 0.717) is 5.15 Å². The molecule has 92 valence electrons. The van der Waals surface area contributed by atoms with E-state index in [1.807, 2.05) is 24.3 Å². The van der Waals surface area contributed by atoms with Crippen LogP contribution in [0.2, 0.25) is 5.15 Å². The number of halogens is 1. The van der Waals surface area contributed by atoms with Crippen LogP contribution in [0.15, 0.2) is 42.6 Å². The fourth-order valence-electron chi connectivity index (χ4n) is 2.50. The first-order valence-electron chi connectivity index (χ1n) is 5.96. The van der Waals surface area contributed by atoms with Crippen LogP contribution in [0.3, 0.4) is 0 Å². The largest absolute Gasteiger partial charge is 0.378 e. The van der Waals surface area contributed by atoms with Gasteiger partial charge in [-0.15, -0.1) is 0 Å². The van der Waals surface area contributed by atoms with E-state index in [9.17, 15) is 0 Å². The van der Waals surface area contributed by atoms with Crippen molar-refractivity contribution >= 4 is 17.3 Å². The van der Waals surface area contributed by atoms with Crippen molar-refractivity contribution in [3.8, 4) is 0 Å². The molecule has 3 N–H and O–H groups in total. The summed E-state index contributed by atoms with van der Waals surface area (Å²) in [6, 6.07) is 12.4. The van der Waals surface area contributed by atoms with Gasteiger partial charge >= 0.3 is 0 Å². The van der Waals surface area contributed by atoms with Gasteiger partial charge in [-0.1, -0.05) is 35.9 Å². The lowest BCUT2D eigenvalue weighted by Gasteiger charge is -2.15. The summed E-state index contributed by atoms with van der Waals surface area (Å²) >= 11 is 5.88. The maximum absolute atomic E-state index is 6.14. The van der Waals surface area contributed by atoms with Gasteiger partial charge in [0.25, 0.3) is 0 Å². The van der Waals surface area contributed by atoms with Crippen molar-refractivity contribution in [2.45, 2.75) is 18.5 Å². The molecule has 0 fully saturated rings. The number of hydrogen-bond donors (Lipinski definition) is 2. The molecule has 4 heteroatoms. The van der Waals surface area contributed by atoms with E-state index in [-0.39, 0.29) is 12.1 Å². The molecule has 0 saturated carbocycles. The van der Waals surface area contributed by atoms with Crippen molar-refractivity contribution in [1.29, 1.82) is 0 Å². The molecule has 1 aromatic heterocycles. The average molecular weight is 260 g/mol. The van der Waals surface area contributed by atoms with Crippen LogP contribution in [0.1, 0.15) is 29.6 Å². The number of aromatic nitrogens is 1. The zero-order chi connectivity index (χ0) is 12.5. The Morgan fingerprint density at radius 3 is 2.78 bits per heavy atom. The second kappa shape index (κ2) is 4.59. The van der Waals surface area contributed by atoms with Gasteiger partial charge in [-0.2, -0.15) is 0 Å². The summed E-state index contributed by atoms with van der Waals surface area (Å²) in [6.07, 6.45) is 2.60. The number of nitrogens with zero attached hydrogens (tertiary/aromatic N) is 1. The summed E-state index contributed by atoms with van der Waals surface area (Å²) in [5, 5.41) is 3.96. The van der Waals surface area contributed by atoms with Crippen LogP contribution in [0, 0.1) is 0 Å². The number of rotatable bonds is 2. The van der Waals surface area contributed by atoms with Gasteiger partial charge in [-0.05, 0) is 29.7 Å². The van der Waals surface area contributed by atoms with Crippen LogP contribution >= 0.6 is 11.6 Å². The highest BCUT2D eigenvalue weighted by molar-refractivity contribution is 6.29. The third-order valence-corrected chi connectivity index (χ3v) is 3.53. The smallest absolute Gasteiger partial charge is 0.131 e. The quantitative estimate of drug-likeness (QED) is 0.814. The highest BCUT2D eigenvalue weighted by atomic mass is 35.5. The van der Waals surface area contributed by atoms with E-state index in [4.69, 9.17) is 17.3 Å².